The van der Waals surface area contributed by atoms with Crippen LogP contribution < -0.4 is 16.4 Å². The van der Waals surface area contributed by atoms with Gasteiger partial charge in [0.15, 0.2) is 5.82 Å². The average molecular weight is 665 g/mol. The smallest absolute Gasteiger partial charge is 0.250 e. The van der Waals surface area contributed by atoms with E-state index in [0.717, 1.165) is 43.2 Å². The first-order chi connectivity index (χ1) is 23.7. The minimum atomic E-state index is -1.20. The summed E-state index contributed by atoms with van der Waals surface area (Å²) in [5.41, 5.74) is 7.94. The quantitative estimate of drug-likeness (QED) is 0.162. The first-order valence-electron chi connectivity index (χ1n) is 17.1. The Kier molecular flexibility index (Phi) is 12.3. The summed E-state index contributed by atoms with van der Waals surface area (Å²) in [5, 5.41) is 5.51. The van der Waals surface area contributed by atoms with Crippen molar-refractivity contribution < 1.29 is 19.1 Å². The van der Waals surface area contributed by atoms with E-state index in [1.165, 1.54) is 5.56 Å². The summed E-state index contributed by atoms with van der Waals surface area (Å²) in [6.45, 7) is 4.75. The lowest BCUT2D eigenvalue weighted by Gasteiger charge is -2.34. The minimum absolute atomic E-state index is 0.00570. The summed E-state index contributed by atoms with van der Waals surface area (Å²) in [6.07, 6.45) is 8.55. The van der Waals surface area contributed by atoms with Crippen molar-refractivity contribution in [2.45, 2.75) is 70.2 Å². The lowest BCUT2D eigenvalue weighted by molar-refractivity contribution is -0.135. The highest BCUT2D eigenvalue weighted by Crippen LogP contribution is 2.28. The molecule has 1 aliphatic rings. The maximum atomic E-state index is 14.1. The number of nitrogens with two attached hydrogens (primary N) is 1. The van der Waals surface area contributed by atoms with E-state index in [2.05, 4.69) is 39.9 Å². The Labute approximate surface area is 289 Å². The predicted octanol–water partition coefficient (Wildman–Crippen LogP) is 5.11. The van der Waals surface area contributed by atoms with Gasteiger partial charge in [0.05, 0.1) is 25.1 Å². The molecule has 4 aromatic rings. The zero-order valence-corrected chi connectivity index (χ0v) is 28.5. The molecule has 0 radical (unpaired) electrons. The first kappa shape index (κ1) is 35.5. The highest BCUT2D eigenvalue weighted by atomic mass is 16.5. The van der Waals surface area contributed by atoms with Crippen molar-refractivity contribution in [1.29, 1.82) is 0 Å². The largest absolute Gasteiger partial charge is 0.374 e. The highest BCUT2D eigenvalue weighted by molar-refractivity contribution is 5.98. The number of anilines is 1. The van der Waals surface area contributed by atoms with E-state index >= 15 is 0 Å². The van der Waals surface area contributed by atoms with Crippen LogP contribution in [0.25, 0.3) is 0 Å². The Morgan fingerprint density at radius 2 is 1.53 bits per heavy atom. The Bertz CT molecular complexity index is 1630. The van der Waals surface area contributed by atoms with Crippen molar-refractivity contribution >= 4 is 23.5 Å². The number of benzene rings is 3. The zero-order chi connectivity index (χ0) is 34.6. The molecule has 1 aliphatic heterocycles. The van der Waals surface area contributed by atoms with Crippen LogP contribution in [0, 0.1) is 5.92 Å². The van der Waals surface area contributed by atoms with E-state index in [4.69, 9.17) is 10.5 Å². The number of likely N-dealkylation sites (tertiary alicyclic amines) is 1. The van der Waals surface area contributed by atoms with Crippen LogP contribution in [-0.2, 0) is 32.1 Å². The number of aryl methyl sites for hydroxylation is 1. The second kappa shape index (κ2) is 17.0. The molecule has 2 atom stereocenters. The molecular weight excluding hydrogens is 616 g/mol. The number of carbonyl (C=O) groups excluding carboxylic acids is 3. The minimum Gasteiger partial charge on any atom is -0.374 e. The van der Waals surface area contributed by atoms with Gasteiger partial charge >= 0.3 is 0 Å². The Morgan fingerprint density at radius 3 is 2.16 bits per heavy atom. The SMILES string of the molecule is CC(C)(N)C(=O)N[C@H](COCc1ccccc1)C(=O)Nc1cn(C(C(=O)N2CCC(CCCc3ccccc3)CC2)c2ccccc2)cn1. The van der Waals surface area contributed by atoms with Crippen LogP contribution in [0.15, 0.2) is 104 Å². The lowest BCUT2D eigenvalue weighted by atomic mass is 9.90. The van der Waals surface area contributed by atoms with Gasteiger partial charge in [-0.2, -0.15) is 0 Å². The summed E-state index contributed by atoms with van der Waals surface area (Å²) in [4.78, 5) is 46.7. The second-order valence-corrected chi connectivity index (χ2v) is 13.4. The van der Waals surface area contributed by atoms with Crippen molar-refractivity contribution in [2.24, 2.45) is 11.7 Å². The first-order valence-corrected chi connectivity index (χ1v) is 17.1. The van der Waals surface area contributed by atoms with Gasteiger partial charge in [-0.3, -0.25) is 14.4 Å². The van der Waals surface area contributed by atoms with E-state index in [-0.39, 0.29) is 24.9 Å². The molecule has 49 heavy (non-hydrogen) atoms. The lowest BCUT2D eigenvalue weighted by Crippen LogP contribution is -2.56. The number of imidazole rings is 1. The van der Waals surface area contributed by atoms with Crippen LogP contribution in [0.3, 0.4) is 0 Å². The van der Waals surface area contributed by atoms with Gasteiger partial charge in [-0.1, -0.05) is 91.0 Å². The van der Waals surface area contributed by atoms with Crippen molar-refractivity contribution in [3.8, 4) is 0 Å². The molecule has 2 heterocycles. The number of hydrogen-bond donors (Lipinski definition) is 3. The van der Waals surface area contributed by atoms with Crippen LogP contribution >= 0.6 is 0 Å². The maximum absolute atomic E-state index is 14.1. The van der Waals surface area contributed by atoms with Crippen LogP contribution in [-0.4, -0.2) is 63.4 Å². The van der Waals surface area contributed by atoms with Gasteiger partial charge in [0, 0.05) is 19.3 Å². The Hall–Kier alpha value is -4.80. The summed E-state index contributed by atoms with van der Waals surface area (Å²) in [7, 11) is 0. The fourth-order valence-electron chi connectivity index (χ4n) is 6.08. The number of hydrogen-bond acceptors (Lipinski definition) is 6. The van der Waals surface area contributed by atoms with E-state index in [0.29, 0.717) is 19.0 Å². The van der Waals surface area contributed by atoms with E-state index < -0.39 is 29.4 Å². The number of rotatable bonds is 15. The third-order valence-corrected chi connectivity index (χ3v) is 8.95. The Balaban J connectivity index is 1.22. The predicted molar refractivity (Wildman–Crippen MR) is 190 cm³/mol. The number of piperidine rings is 1. The maximum Gasteiger partial charge on any atom is 0.250 e. The van der Waals surface area contributed by atoms with Crippen LogP contribution in [0.2, 0.25) is 0 Å². The van der Waals surface area contributed by atoms with Crippen molar-refractivity contribution in [3.63, 3.8) is 0 Å². The molecular formula is C39H48N6O4. The van der Waals surface area contributed by atoms with Gasteiger partial charge < -0.3 is 30.6 Å². The molecule has 4 N–H and O–H groups in total. The molecule has 10 heteroatoms. The van der Waals surface area contributed by atoms with Crippen molar-refractivity contribution in [3.05, 3.63) is 120 Å². The fourth-order valence-corrected chi connectivity index (χ4v) is 6.08. The van der Waals surface area contributed by atoms with E-state index in [9.17, 15) is 14.4 Å². The second-order valence-electron chi connectivity index (χ2n) is 13.4. The number of nitrogens with one attached hydrogen (secondary N) is 2. The highest BCUT2D eigenvalue weighted by Gasteiger charge is 2.32. The summed E-state index contributed by atoms with van der Waals surface area (Å²) in [6, 6.07) is 28.1. The summed E-state index contributed by atoms with van der Waals surface area (Å²) < 4.78 is 7.55. The number of amides is 3. The molecule has 3 aromatic carbocycles. The molecule has 5 rings (SSSR count). The monoisotopic (exact) mass is 664 g/mol. The van der Waals surface area contributed by atoms with Gasteiger partial charge in [0.2, 0.25) is 11.8 Å². The van der Waals surface area contributed by atoms with Crippen molar-refractivity contribution in [2.75, 3.05) is 25.0 Å². The molecule has 1 saturated heterocycles. The Morgan fingerprint density at radius 1 is 0.918 bits per heavy atom. The molecule has 3 amide bonds. The van der Waals surface area contributed by atoms with Gasteiger partial charge in [0.25, 0.3) is 5.91 Å². The molecule has 0 spiro atoms. The molecule has 1 unspecified atom stereocenters. The van der Waals surface area contributed by atoms with Crippen LogP contribution in [0.4, 0.5) is 5.82 Å². The third-order valence-electron chi connectivity index (χ3n) is 8.95. The van der Waals surface area contributed by atoms with Crippen LogP contribution in [0.1, 0.15) is 62.3 Å². The zero-order valence-electron chi connectivity index (χ0n) is 28.5. The number of carbonyl (C=O) groups is 3. The number of aromatic nitrogens is 2. The third kappa shape index (κ3) is 10.3. The average Bonchev–Trinajstić information content (AvgIpc) is 3.56. The molecule has 1 aromatic heterocycles. The molecule has 1 fully saturated rings. The molecule has 0 aliphatic carbocycles. The summed E-state index contributed by atoms with van der Waals surface area (Å²) >= 11 is 0. The van der Waals surface area contributed by atoms with Crippen molar-refractivity contribution in [1.82, 2.24) is 19.8 Å². The molecule has 10 nitrogen and oxygen atoms in total. The molecule has 0 bridgehead atoms. The molecule has 0 saturated carbocycles. The fraction of sp³-hybridized carbons (Fsp3) is 0.385. The van der Waals surface area contributed by atoms with Gasteiger partial charge in [-0.25, -0.2) is 4.98 Å². The van der Waals surface area contributed by atoms with Gasteiger partial charge in [0.1, 0.15) is 12.1 Å². The van der Waals surface area contributed by atoms with Gasteiger partial charge in [-0.05, 0) is 68.6 Å². The van der Waals surface area contributed by atoms with Gasteiger partial charge in [-0.15, -0.1) is 0 Å². The normalized spacial score (nSPS) is 15.0. The number of ether oxygens (including phenoxy) is 1. The van der Waals surface area contributed by atoms with Crippen LogP contribution in [0.5, 0.6) is 0 Å². The standard InChI is InChI=1S/C39H48N6O4/c1-39(2,40)38(48)42-33(27-49-26-31-15-8-4-9-16-31)36(46)43-34-25-45(28-41-34)35(32-19-10-5-11-20-32)37(47)44-23-21-30(22-24-44)18-12-17-29-13-6-3-7-14-29/h3-11,13-16,19-20,25,28,30,33,35H,12,17-18,21-24,26-27,40H2,1-2H3,(H,42,48)(H,43,46)/t33-,35?/m1/s1. The number of nitrogens with zero attached hydrogens (tertiary/aromatic N) is 3. The topological polar surface area (TPSA) is 132 Å². The molecule has 258 valence electrons. The van der Waals surface area contributed by atoms with E-state index in [1.54, 1.807) is 30.9 Å². The van der Waals surface area contributed by atoms with E-state index in [1.807, 2.05) is 71.6 Å². The summed E-state index contributed by atoms with van der Waals surface area (Å²) in [5.74, 6) is -0.143.